The molecule has 0 saturated heterocycles. The summed E-state index contributed by atoms with van der Waals surface area (Å²) in [5.41, 5.74) is 6.95. The van der Waals surface area contributed by atoms with E-state index in [0.717, 1.165) is 16.6 Å². The number of benzene rings is 3. The Morgan fingerprint density at radius 3 is 2.24 bits per heavy atom. The molecular weight excluding hydrogens is 354 g/mol. The van der Waals surface area contributed by atoms with Gasteiger partial charge in [0, 0.05) is 27.8 Å². The van der Waals surface area contributed by atoms with E-state index in [9.17, 15) is 0 Å². The van der Waals surface area contributed by atoms with E-state index in [4.69, 9.17) is 4.42 Å². The molecule has 0 aliphatic rings. The zero-order chi connectivity index (χ0) is 20.3. The molecule has 3 aromatic carbocycles. The van der Waals surface area contributed by atoms with Crippen molar-refractivity contribution in [1.82, 2.24) is 0 Å². The molecule has 0 fully saturated rings. The Morgan fingerprint density at radius 2 is 1.48 bits per heavy atom. The molecule has 0 amide bonds. The van der Waals surface area contributed by atoms with Gasteiger partial charge >= 0.3 is 0 Å². The molecule has 2 nitrogen and oxygen atoms in total. The lowest BCUT2D eigenvalue weighted by Gasteiger charge is -2.17. The van der Waals surface area contributed by atoms with E-state index in [0.29, 0.717) is 0 Å². The van der Waals surface area contributed by atoms with Gasteiger partial charge in [-0.3, -0.25) is 0 Å². The van der Waals surface area contributed by atoms with Gasteiger partial charge in [0.1, 0.15) is 18.2 Å². The van der Waals surface area contributed by atoms with Crippen LogP contribution in [0.3, 0.4) is 0 Å². The summed E-state index contributed by atoms with van der Waals surface area (Å²) < 4.78 is 8.80. The van der Waals surface area contributed by atoms with Gasteiger partial charge in [0.05, 0.1) is 5.56 Å². The molecule has 5 rings (SSSR count). The molecule has 0 atom stereocenters. The second-order valence-electron chi connectivity index (χ2n) is 9.06. The molecule has 5 aromatic rings. The van der Waals surface area contributed by atoms with Crippen molar-refractivity contribution >= 4 is 32.7 Å². The van der Waals surface area contributed by atoms with E-state index in [1.54, 1.807) is 0 Å². The van der Waals surface area contributed by atoms with E-state index >= 15 is 0 Å². The Balaban J connectivity index is 1.85. The number of nitrogens with zero attached hydrogens (tertiary/aromatic N) is 1. The smallest absolute Gasteiger partial charge is 0.216 e. The number of pyridine rings is 1. The summed E-state index contributed by atoms with van der Waals surface area (Å²) in [5, 5.41) is 4.72. The van der Waals surface area contributed by atoms with Crippen LogP contribution in [-0.2, 0) is 12.5 Å². The lowest BCUT2D eigenvalue weighted by Crippen LogP contribution is -2.33. The molecule has 0 spiro atoms. The fraction of sp³-hybridized carbons (Fsp3) is 0.222. The molecule has 0 saturated carbocycles. The summed E-state index contributed by atoms with van der Waals surface area (Å²) in [6.07, 6.45) is 2.24. The van der Waals surface area contributed by atoms with Gasteiger partial charge in [-0.05, 0) is 35.4 Å². The summed E-state index contributed by atoms with van der Waals surface area (Å²) in [6.45, 7) is 8.91. The number of aromatic nitrogens is 1. The standard InChI is InChI=1S/C27H26NO/c1-17-10-13-22-21-14-11-18-8-6-7-9-20(18)25(21)29-26(22)24(17)23-15-12-19(16-28(23)5)27(2,3)4/h6-16H,1-5H3/q+1. The second-order valence-corrected chi connectivity index (χ2v) is 9.06. The van der Waals surface area contributed by atoms with Crippen molar-refractivity contribution in [3.8, 4) is 11.3 Å². The van der Waals surface area contributed by atoms with Crippen LogP contribution in [0.5, 0.6) is 0 Å². The molecule has 0 aliphatic heterocycles. The maximum absolute atomic E-state index is 6.57. The van der Waals surface area contributed by atoms with Crippen LogP contribution in [0.25, 0.3) is 44.0 Å². The van der Waals surface area contributed by atoms with E-state index in [1.165, 1.54) is 38.5 Å². The highest BCUT2D eigenvalue weighted by Gasteiger charge is 2.23. The van der Waals surface area contributed by atoms with Crippen molar-refractivity contribution in [1.29, 1.82) is 0 Å². The summed E-state index contributed by atoms with van der Waals surface area (Å²) in [4.78, 5) is 0. The van der Waals surface area contributed by atoms with Gasteiger partial charge in [-0.2, -0.15) is 0 Å². The monoisotopic (exact) mass is 380 g/mol. The first-order chi connectivity index (χ1) is 13.8. The Morgan fingerprint density at radius 1 is 0.759 bits per heavy atom. The van der Waals surface area contributed by atoms with Gasteiger partial charge in [0.2, 0.25) is 5.69 Å². The van der Waals surface area contributed by atoms with Gasteiger partial charge in [0.15, 0.2) is 6.20 Å². The first-order valence-electron chi connectivity index (χ1n) is 10.2. The third kappa shape index (κ3) is 2.74. The van der Waals surface area contributed by atoms with Crippen LogP contribution in [0.4, 0.5) is 0 Å². The molecule has 0 bridgehead atoms. The summed E-state index contributed by atoms with van der Waals surface area (Å²) >= 11 is 0. The van der Waals surface area contributed by atoms with E-state index < -0.39 is 0 Å². The third-order valence-electron chi connectivity index (χ3n) is 6.00. The largest absolute Gasteiger partial charge is 0.454 e. The van der Waals surface area contributed by atoms with E-state index in [-0.39, 0.29) is 5.41 Å². The summed E-state index contributed by atoms with van der Waals surface area (Å²) in [5.74, 6) is 0. The van der Waals surface area contributed by atoms with Crippen molar-refractivity contribution in [2.45, 2.75) is 33.1 Å². The fourth-order valence-corrected chi connectivity index (χ4v) is 4.30. The van der Waals surface area contributed by atoms with Crippen LogP contribution in [0.1, 0.15) is 31.9 Å². The van der Waals surface area contributed by atoms with Crippen LogP contribution < -0.4 is 4.57 Å². The van der Waals surface area contributed by atoms with Crippen molar-refractivity contribution < 1.29 is 8.98 Å². The minimum atomic E-state index is 0.121. The molecule has 0 aliphatic carbocycles. The second kappa shape index (κ2) is 6.18. The number of hydrogen-bond donors (Lipinski definition) is 0. The average molecular weight is 381 g/mol. The molecule has 0 N–H and O–H groups in total. The molecular formula is C27H26NO+. The van der Waals surface area contributed by atoms with Gasteiger partial charge in [-0.25, -0.2) is 4.57 Å². The van der Waals surface area contributed by atoms with Gasteiger partial charge < -0.3 is 4.42 Å². The number of furan rings is 1. The van der Waals surface area contributed by atoms with Crippen LogP contribution in [0.15, 0.2) is 71.3 Å². The average Bonchev–Trinajstić information content (AvgIpc) is 3.07. The predicted molar refractivity (Wildman–Crippen MR) is 121 cm³/mol. The minimum Gasteiger partial charge on any atom is -0.454 e. The van der Waals surface area contributed by atoms with E-state index in [1.807, 2.05) is 0 Å². The summed E-state index contributed by atoms with van der Waals surface area (Å²) in [7, 11) is 2.13. The molecule has 2 heterocycles. The molecule has 29 heavy (non-hydrogen) atoms. The third-order valence-corrected chi connectivity index (χ3v) is 6.00. The van der Waals surface area contributed by atoms with E-state index in [2.05, 4.69) is 106 Å². The van der Waals surface area contributed by atoms with Crippen LogP contribution >= 0.6 is 0 Å². The SMILES string of the molecule is Cc1ccc2c(oc3c4ccccc4ccc23)c1-c1ccc(C(C)(C)C)c[n+]1C. The predicted octanol–water partition coefficient (Wildman–Crippen LogP) is 6.84. The zero-order valence-electron chi connectivity index (χ0n) is 17.7. The number of fused-ring (bicyclic) bond motifs is 5. The van der Waals surface area contributed by atoms with Crippen LogP contribution in [0.2, 0.25) is 0 Å². The van der Waals surface area contributed by atoms with Crippen molar-refractivity contribution in [2.24, 2.45) is 7.05 Å². The molecule has 0 unspecified atom stereocenters. The highest BCUT2D eigenvalue weighted by atomic mass is 16.3. The first-order valence-corrected chi connectivity index (χ1v) is 10.2. The number of rotatable bonds is 1. The first kappa shape index (κ1) is 17.9. The quantitative estimate of drug-likeness (QED) is 0.291. The highest BCUT2D eigenvalue weighted by molar-refractivity contribution is 6.17. The topological polar surface area (TPSA) is 17.0 Å². The van der Waals surface area contributed by atoms with Gasteiger partial charge in [0.25, 0.3) is 0 Å². The summed E-state index contributed by atoms with van der Waals surface area (Å²) in [6, 6.07) is 21.7. The number of hydrogen-bond acceptors (Lipinski definition) is 1. The van der Waals surface area contributed by atoms with Crippen LogP contribution in [0, 0.1) is 6.92 Å². The van der Waals surface area contributed by atoms with Crippen LogP contribution in [-0.4, -0.2) is 0 Å². The zero-order valence-corrected chi connectivity index (χ0v) is 17.7. The Bertz CT molecular complexity index is 1400. The highest BCUT2D eigenvalue weighted by Crippen LogP contribution is 2.39. The minimum absolute atomic E-state index is 0.121. The fourth-order valence-electron chi connectivity index (χ4n) is 4.30. The lowest BCUT2D eigenvalue weighted by atomic mass is 9.88. The van der Waals surface area contributed by atoms with Gasteiger partial charge in [-0.15, -0.1) is 0 Å². The molecule has 0 radical (unpaired) electrons. The van der Waals surface area contributed by atoms with Crippen molar-refractivity contribution in [3.05, 3.63) is 78.0 Å². The molecule has 2 aromatic heterocycles. The van der Waals surface area contributed by atoms with Crippen molar-refractivity contribution in [3.63, 3.8) is 0 Å². The maximum Gasteiger partial charge on any atom is 0.216 e. The lowest BCUT2D eigenvalue weighted by molar-refractivity contribution is -0.661. The van der Waals surface area contributed by atoms with Gasteiger partial charge in [-0.1, -0.05) is 63.2 Å². The normalized spacial score (nSPS) is 12.3. The molecule has 2 heteroatoms. The Hall–Kier alpha value is -3.13. The van der Waals surface area contributed by atoms with Crippen molar-refractivity contribution in [2.75, 3.05) is 0 Å². The maximum atomic E-state index is 6.57. The Labute approximate surface area is 171 Å². The number of aryl methyl sites for hydroxylation is 2. The Kier molecular flexibility index (Phi) is 3.82. The molecule has 144 valence electrons.